The van der Waals surface area contributed by atoms with Crippen molar-refractivity contribution in [3.8, 4) is 0 Å². The van der Waals surface area contributed by atoms with Crippen molar-refractivity contribution < 1.29 is 9.90 Å². The average Bonchev–Trinajstić information content (AvgIpc) is 2.49. The highest BCUT2D eigenvalue weighted by Crippen LogP contribution is 2.23. The van der Waals surface area contributed by atoms with Gasteiger partial charge in [-0.25, -0.2) is 5.43 Å². The van der Waals surface area contributed by atoms with Crippen molar-refractivity contribution in [2.75, 3.05) is 5.01 Å². The van der Waals surface area contributed by atoms with Gasteiger partial charge in [0.25, 0.3) is 0 Å². The Morgan fingerprint density at radius 3 is 1.71 bits per heavy atom. The summed E-state index contributed by atoms with van der Waals surface area (Å²) in [5, 5.41) is 11.2. The van der Waals surface area contributed by atoms with Gasteiger partial charge in [0.2, 0.25) is 0 Å². The molecule has 2 aromatic rings. The summed E-state index contributed by atoms with van der Waals surface area (Å²) in [7, 11) is 0. The highest BCUT2D eigenvalue weighted by molar-refractivity contribution is 5.75. The smallest absolute Gasteiger partial charge is 0.322 e. The summed E-state index contributed by atoms with van der Waals surface area (Å²) in [5.41, 5.74) is 4.92. The molecule has 0 bridgehead atoms. The van der Waals surface area contributed by atoms with Crippen LogP contribution >= 0.6 is 0 Å². The first-order valence-corrected chi connectivity index (χ1v) is 6.99. The molecular weight excluding hydrogens is 264 g/mol. The second kappa shape index (κ2) is 6.90. The van der Waals surface area contributed by atoms with Crippen molar-refractivity contribution in [3.05, 3.63) is 60.7 Å². The maximum atomic E-state index is 11.4. The molecule has 0 saturated heterocycles. The molecule has 0 aromatic heterocycles. The van der Waals surface area contributed by atoms with Crippen LogP contribution in [0.15, 0.2) is 60.7 Å². The molecule has 4 nitrogen and oxygen atoms in total. The van der Waals surface area contributed by atoms with Gasteiger partial charge in [-0.05, 0) is 30.2 Å². The van der Waals surface area contributed by atoms with Gasteiger partial charge in [0.1, 0.15) is 6.04 Å². The molecule has 0 aliphatic carbocycles. The van der Waals surface area contributed by atoms with Crippen LogP contribution in [0.3, 0.4) is 0 Å². The Kier molecular flexibility index (Phi) is 4.95. The second-order valence-electron chi connectivity index (χ2n) is 5.20. The minimum absolute atomic E-state index is 0.0302. The monoisotopic (exact) mass is 284 g/mol. The minimum atomic E-state index is -0.859. The number of hydrogen-bond donors (Lipinski definition) is 2. The first-order chi connectivity index (χ1) is 10.1. The number of carbonyl (C=O) groups is 1. The molecule has 1 unspecified atom stereocenters. The number of anilines is 2. The predicted octanol–water partition coefficient (Wildman–Crippen LogP) is 3.44. The summed E-state index contributed by atoms with van der Waals surface area (Å²) < 4.78 is 0. The Labute approximate surface area is 125 Å². The Morgan fingerprint density at radius 2 is 1.38 bits per heavy atom. The van der Waals surface area contributed by atoms with Crippen LogP contribution in [0.5, 0.6) is 0 Å². The molecule has 0 aliphatic rings. The van der Waals surface area contributed by atoms with E-state index >= 15 is 0 Å². The molecule has 0 fully saturated rings. The topological polar surface area (TPSA) is 52.6 Å². The lowest BCUT2D eigenvalue weighted by Gasteiger charge is -2.30. The molecule has 110 valence electrons. The van der Waals surface area contributed by atoms with Crippen molar-refractivity contribution in [1.29, 1.82) is 0 Å². The molecule has 0 saturated carbocycles. The largest absolute Gasteiger partial charge is 0.480 e. The Bertz CT molecular complexity index is 530. The maximum absolute atomic E-state index is 11.4. The molecule has 0 radical (unpaired) electrons. The summed E-state index contributed by atoms with van der Waals surface area (Å²) >= 11 is 0. The number of hydrazine groups is 1. The number of benzene rings is 2. The number of carboxylic acid groups (broad SMARTS) is 1. The van der Waals surface area contributed by atoms with Gasteiger partial charge in [-0.15, -0.1) is 0 Å². The molecular formula is C17H20N2O2. The van der Waals surface area contributed by atoms with E-state index in [0.717, 1.165) is 11.4 Å². The van der Waals surface area contributed by atoms with E-state index in [1.54, 1.807) is 0 Å². The van der Waals surface area contributed by atoms with Crippen molar-refractivity contribution in [2.24, 2.45) is 5.92 Å². The number of carboxylic acids is 1. The average molecular weight is 284 g/mol. The van der Waals surface area contributed by atoms with Gasteiger partial charge in [0, 0.05) is 0 Å². The highest BCUT2D eigenvalue weighted by Gasteiger charge is 2.24. The fourth-order valence-electron chi connectivity index (χ4n) is 2.08. The lowest BCUT2D eigenvalue weighted by atomic mass is 10.1. The van der Waals surface area contributed by atoms with Gasteiger partial charge in [0.15, 0.2) is 0 Å². The Hall–Kier alpha value is -2.33. The molecule has 2 aromatic carbocycles. The molecule has 2 N–H and O–H groups in total. The lowest BCUT2D eigenvalue weighted by molar-refractivity contribution is -0.140. The van der Waals surface area contributed by atoms with E-state index in [-0.39, 0.29) is 5.92 Å². The van der Waals surface area contributed by atoms with Gasteiger partial charge in [0.05, 0.1) is 11.4 Å². The summed E-state index contributed by atoms with van der Waals surface area (Å²) in [5.74, 6) is -0.890. The minimum Gasteiger partial charge on any atom is -0.480 e. The predicted molar refractivity (Wildman–Crippen MR) is 84.4 cm³/mol. The first-order valence-electron chi connectivity index (χ1n) is 6.99. The van der Waals surface area contributed by atoms with Crippen LogP contribution in [-0.2, 0) is 4.79 Å². The van der Waals surface area contributed by atoms with Crippen LogP contribution in [0.25, 0.3) is 0 Å². The molecule has 0 aliphatic heterocycles. The van der Waals surface area contributed by atoms with Crippen LogP contribution < -0.4 is 10.4 Å². The van der Waals surface area contributed by atoms with Crippen LogP contribution in [-0.4, -0.2) is 17.1 Å². The molecule has 21 heavy (non-hydrogen) atoms. The zero-order valence-corrected chi connectivity index (χ0v) is 12.2. The zero-order valence-electron chi connectivity index (χ0n) is 12.2. The molecule has 0 amide bonds. The van der Waals surface area contributed by atoms with Gasteiger partial charge >= 0.3 is 5.97 Å². The third-order valence-corrected chi connectivity index (χ3v) is 3.23. The van der Waals surface area contributed by atoms with E-state index in [9.17, 15) is 9.90 Å². The fraction of sp³-hybridized carbons (Fsp3) is 0.235. The Morgan fingerprint density at radius 1 is 0.952 bits per heavy atom. The maximum Gasteiger partial charge on any atom is 0.322 e. The quantitative estimate of drug-likeness (QED) is 0.798. The van der Waals surface area contributed by atoms with Crippen molar-refractivity contribution in [1.82, 2.24) is 5.43 Å². The van der Waals surface area contributed by atoms with Crippen molar-refractivity contribution >= 4 is 17.3 Å². The van der Waals surface area contributed by atoms with E-state index in [0.29, 0.717) is 0 Å². The van der Waals surface area contributed by atoms with Gasteiger partial charge in [-0.1, -0.05) is 50.2 Å². The number of aliphatic carboxylic acids is 1. The van der Waals surface area contributed by atoms with Crippen molar-refractivity contribution in [2.45, 2.75) is 19.9 Å². The van der Waals surface area contributed by atoms with Gasteiger partial charge in [-0.2, -0.15) is 0 Å². The number of nitrogens with one attached hydrogen (secondary N) is 1. The number of rotatable bonds is 6. The standard InChI is InChI=1S/C17H20N2O2/c1-13(2)16(17(20)21)18-19(14-9-5-3-6-10-14)15-11-7-4-8-12-15/h3-13,16,18H,1-2H3,(H,20,21). The number of nitrogens with zero attached hydrogens (tertiary/aromatic N) is 1. The van der Waals surface area contributed by atoms with Crippen LogP contribution in [0.1, 0.15) is 13.8 Å². The third-order valence-electron chi connectivity index (χ3n) is 3.23. The fourth-order valence-corrected chi connectivity index (χ4v) is 2.08. The first kappa shape index (κ1) is 15.1. The Balaban J connectivity index is 2.35. The van der Waals surface area contributed by atoms with Gasteiger partial charge in [-0.3, -0.25) is 9.80 Å². The SMILES string of the molecule is CC(C)C(NN(c1ccccc1)c1ccccc1)C(=O)O. The van der Waals surface area contributed by atoms with E-state index in [2.05, 4.69) is 5.43 Å². The normalized spacial score (nSPS) is 12.1. The molecule has 1 atom stereocenters. The summed E-state index contributed by atoms with van der Waals surface area (Å²) in [6.45, 7) is 3.78. The lowest BCUT2D eigenvalue weighted by Crippen LogP contribution is -2.49. The van der Waals surface area contributed by atoms with Crippen LogP contribution in [0.2, 0.25) is 0 Å². The van der Waals surface area contributed by atoms with E-state index in [1.807, 2.05) is 79.5 Å². The molecule has 0 spiro atoms. The third kappa shape index (κ3) is 3.83. The highest BCUT2D eigenvalue weighted by atomic mass is 16.4. The van der Waals surface area contributed by atoms with E-state index in [1.165, 1.54) is 0 Å². The molecule has 2 rings (SSSR count). The van der Waals surface area contributed by atoms with Crippen LogP contribution in [0, 0.1) is 5.92 Å². The van der Waals surface area contributed by atoms with Gasteiger partial charge < -0.3 is 5.11 Å². The summed E-state index contributed by atoms with van der Waals surface area (Å²) in [6, 6.07) is 18.7. The summed E-state index contributed by atoms with van der Waals surface area (Å²) in [4.78, 5) is 11.4. The second-order valence-corrected chi connectivity index (χ2v) is 5.20. The van der Waals surface area contributed by atoms with E-state index < -0.39 is 12.0 Å². The van der Waals surface area contributed by atoms with Crippen molar-refractivity contribution in [3.63, 3.8) is 0 Å². The number of para-hydroxylation sites is 2. The number of hydrogen-bond acceptors (Lipinski definition) is 3. The molecule has 4 heteroatoms. The molecule has 0 heterocycles. The van der Waals surface area contributed by atoms with E-state index in [4.69, 9.17) is 0 Å². The zero-order chi connectivity index (χ0) is 15.2. The van der Waals surface area contributed by atoms with Crippen LogP contribution in [0.4, 0.5) is 11.4 Å². The summed E-state index contributed by atoms with van der Waals surface area (Å²) in [6.07, 6.45) is 0.